The Morgan fingerprint density at radius 2 is 1.90 bits per heavy atom. The average molecular weight is 310 g/mol. The lowest BCUT2D eigenvalue weighted by Crippen LogP contribution is -2.32. The van der Waals surface area contributed by atoms with E-state index >= 15 is 0 Å². The van der Waals surface area contributed by atoms with E-state index in [-0.39, 0.29) is 5.75 Å². The Hall–Kier alpha value is -0.910. The van der Waals surface area contributed by atoms with Gasteiger partial charge in [0.2, 0.25) is 10.0 Å². The van der Waals surface area contributed by atoms with Crippen molar-refractivity contribution in [2.75, 3.05) is 20.6 Å². The molecule has 1 N–H and O–H groups in total. The summed E-state index contributed by atoms with van der Waals surface area (Å²) >= 11 is 0. The molecule has 5 heteroatoms. The highest BCUT2D eigenvalue weighted by Crippen LogP contribution is 2.26. The molecule has 1 fully saturated rings. The molecular formula is C16H26N2O2S. The fraction of sp³-hybridized carbons (Fsp3) is 0.625. The molecule has 4 nitrogen and oxygen atoms in total. The minimum atomic E-state index is -3.22. The highest BCUT2D eigenvalue weighted by Gasteiger charge is 2.24. The SMILES string of the molecule is CNCc1cccc(CS(=O)(=O)N(C)CC2CCCC2)c1. The van der Waals surface area contributed by atoms with Crippen LogP contribution < -0.4 is 5.32 Å². The van der Waals surface area contributed by atoms with Crippen LogP contribution in [-0.2, 0) is 22.3 Å². The maximum absolute atomic E-state index is 12.5. The first-order valence-electron chi connectivity index (χ1n) is 7.67. The lowest BCUT2D eigenvalue weighted by Gasteiger charge is -2.21. The van der Waals surface area contributed by atoms with Crippen LogP contribution in [0, 0.1) is 5.92 Å². The van der Waals surface area contributed by atoms with Gasteiger partial charge in [0, 0.05) is 20.1 Å². The van der Waals surface area contributed by atoms with E-state index in [9.17, 15) is 8.42 Å². The van der Waals surface area contributed by atoms with Crippen molar-refractivity contribution in [1.29, 1.82) is 0 Å². The molecule has 1 aliphatic carbocycles. The number of sulfonamides is 1. The third-order valence-corrected chi connectivity index (χ3v) is 5.98. The monoisotopic (exact) mass is 310 g/mol. The minimum absolute atomic E-state index is 0.0910. The molecule has 0 aromatic heterocycles. The lowest BCUT2D eigenvalue weighted by atomic mass is 10.1. The van der Waals surface area contributed by atoms with E-state index in [4.69, 9.17) is 0 Å². The quantitative estimate of drug-likeness (QED) is 0.841. The summed E-state index contributed by atoms with van der Waals surface area (Å²) in [4.78, 5) is 0. The Labute approximate surface area is 128 Å². The second kappa shape index (κ2) is 7.38. The van der Waals surface area contributed by atoms with Gasteiger partial charge < -0.3 is 5.32 Å². The van der Waals surface area contributed by atoms with Crippen LogP contribution in [0.1, 0.15) is 36.8 Å². The Morgan fingerprint density at radius 1 is 1.24 bits per heavy atom. The van der Waals surface area contributed by atoms with Gasteiger partial charge in [-0.25, -0.2) is 12.7 Å². The number of rotatable bonds is 7. The maximum Gasteiger partial charge on any atom is 0.218 e. The van der Waals surface area contributed by atoms with Gasteiger partial charge in [0.25, 0.3) is 0 Å². The van der Waals surface area contributed by atoms with E-state index in [0.29, 0.717) is 12.5 Å². The van der Waals surface area contributed by atoms with Crippen molar-refractivity contribution in [3.63, 3.8) is 0 Å². The number of nitrogens with zero attached hydrogens (tertiary/aromatic N) is 1. The van der Waals surface area contributed by atoms with Gasteiger partial charge in [-0.1, -0.05) is 37.1 Å². The van der Waals surface area contributed by atoms with E-state index in [0.717, 1.165) is 30.5 Å². The third kappa shape index (κ3) is 4.80. The molecule has 0 heterocycles. The summed E-state index contributed by atoms with van der Waals surface area (Å²) in [5, 5.41) is 3.09. The van der Waals surface area contributed by atoms with Gasteiger partial charge >= 0.3 is 0 Å². The van der Waals surface area contributed by atoms with Crippen molar-refractivity contribution in [3.8, 4) is 0 Å². The molecule has 0 unspecified atom stereocenters. The van der Waals surface area contributed by atoms with Gasteiger partial charge in [-0.15, -0.1) is 0 Å². The number of benzene rings is 1. The second-order valence-corrected chi connectivity index (χ2v) is 8.11. The molecule has 0 spiro atoms. The average Bonchev–Trinajstić information content (AvgIpc) is 2.92. The van der Waals surface area contributed by atoms with Crippen LogP contribution >= 0.6 is 0 Å². The zero-order valence-corrected chi connectivity index (χ0v) is 13.8. The van der Waals surface area contributed by atoms with Crippen LogP contribution in [0.2, 0.25) is 0 Å². The summed E-state index contributed by atoms with van der Waals surface area (Å²) in [5.41, 5.74) is 1.98. The van der Waals surface area contributed by atoms with Gasteiger partial charge in [0.05, 0.1) is 5.75 Å². The van der Waals surface area contributed by atoms with E-state index < -0.39 is 10.0 Å². The zero-order chi connectivity index (χ0) is 15.3. The molecule has 0 atom stereocenters. The molecule has 0 aliphatic heterocycles. The van der Waals surface area contributed by atoms with Gasteiger partial charge in [-0.2, -0.15) is 0 Å². The van der Waals surface area contributed by atoms with E-state index in [2.05, 4.69) is 5.32 Å². The molecule has 0 saturated heterocycles. The lowest BCUT2D eigenvalue weighted by molar-refractivity contribution is 0.387. The largest absolute Gasteiger partial charge is 0.316 e. The molecule has 1 saturated carbocycles. The highest BCUT2D eigenvalue weighted by molar-refractivity contribution is 7.88. The summed E-state index contributed by atoms with van der Waals surface area (Å²) in [6.07, 6.45) is 4.81. The predicted octanol–water partition coefficient (Wildman–Crippen LogP) is 2.36. The van der Waals surface area contributed by atoms with E-state index in [1.807, 2.05) is 31.3 Å². The Balaban J connectivity index is 2.00. The molecule has 21 heavy (non-hydrogen) atoms. The first-order valence-corrected chi connectivity index (χ1v) is 9.28. The number of hydrogen-bond acceptors (Lipinski definition) is 3. The summed E-state index contributed by atoms with van der Waals surface area (Å²) in [5.74, 6) is 0.633. The normalized spacial score (nSPS) is 16.7. The summed E-state index contributed by atoms with van der Waals surface area (Å²) in [7, 11) is 0.382. The van der Waals surface area contributed by atoms with Crippen molar-refractivity contribution < 1.29 is 8.42 Å². The summed E-state index contributed by atoms with van der Waals surface area (Å²) < 4.78 is 26.5. The molecule has 1 aliphatic rings. The van der Waals surface area contributed by atoms with Crippen molar-refractivity contribution in [2.24, 2.45) is 5.92 Å². The Kier molecular flexibility index (Phi) is 5.79. The standard InChI is InChI=1S/C16H26N2O2S/c1-17-11-15-8-5-9-16(10-15)13-21(19,20)18(2)12-14-6-3-4-7-14/h5,8-10,14,17H,3-4,6-7,11-13H2,1-2H3. The highest BCUT2D eigenvalue weighted by atomic mass is 32.2. The van der Waals surface area contributed by atoms with Crippen LogP contribution in [0.4, 0.5) is 0 Å². The molecule has 118 valence electrons. The molecule has 0 amide bonds. The number of nitrogens with one attached hydrogen (secondary N) is 1. The molecule has 0 bridgehead atoms. The van der Waals surface area contributed by atoms with Gasteiger partial charge in [0.15, 0.2) is 0 Å². The first kappa shape index (κ1) is 16.5. The van der Waals surface area contributed by atoms with Crippen molar-refractivity contribution in [1.82, 2.24) is 9.62 Å². The summed E-state index contributed by atoms with van der Waals surface area (Å²) in [6.45, 7) is 1.42. The molecule has 2 rings (SSSR count). The van der Waals surface area contributed by atoms with E-state index in [1.54, 1.807) is 11.4 Å². The van der Waals surface area contributed by atoms with Crippen LogP contribution in [0.3, 0.4) is 0 Å². The smallest absolute Gasteiger partial charge is 0.218 e. The number of hydrogen-bond donors (Lipinski definition) is 1. The Bertz CT molecular complexity index is 551. The van der Waals surface area contributed by atoms with Crippen molar-refractivity contribution in [3.05, 3.63) is 35.4 Å². The van der Waals surface area contributed by atoms with Gasteiger partial charge in [0.1, 0.15) is 0 Å². The molecular weight excluding hydrogens is 284 g/mol. The molecule has 0 radical (unpaired) electrons. The van der Waals surface area contributed by atoms with Gasteiger partial charge in [-0.05, 0) is 36.9 Å². The Morgan fingerprint density at radius 3 is 2.57 bits per heavy atom. The first-order chi connectivity index (χ1) is 10.0. The van der Waals surface area contributed by atoms with Crippen LogP contribution in [0.15, 0.2) is 24.3 Å². The topological polar surface area (TPSA) is 49.4 Å². The summed E-state index contributed by atoms with van der Waals surface area (Å²) in [6, 6.07) is 7.79. The fourth-order valence-corrected chi connectivity index (χ4v) is 4.28. The van der Waals surface area contributed by atoms with Crippen LogP contribution in [-0.4, -0.2) is 33.4 Å². The molecule has 1 aromatic rings. The van der Waals surface area contributed by atoms with E-state index in [1.165, 1.54) is 12.8 Å². The zero-order valence-electron chi connectivity index (χ0n) is 13.0. The van der Waals surface area contributed by atoms with Crippen LogP contribution in [0.25, 0.3) is 0 Å². The second-order valence-electron chi connectivity index (χ2n) is 6.04. The fourth-order valence-electron chi connectivity index (χ4n) is 3.02. The minimum Gasteiger partial charge on any atom is -0.316 e. The van der Waals surface area contributed by atoms with Crippen molar-refractivity contribution in [2.45, 2.75) is 38.0 Å². The predicted molar refractivity (Wildman–Crippen MR) is 86.4 cm³/mol. The maximum atomic E-state index is 12.5. The van der Waals surface area contributed by atoms with Crippen LogP contribution in [0.5, 0.6) is 0 Å². The van der Waals surface area contributed by atoms with Crippen molar-refractivity contribution >= 4 is 10.0 Å². The third-order valence-electron chi connectivity index (χ3n) is 4.19. The van der Waals surface area contributed by atoms with Gasteiger partial charge in [-0.3, -0.25) is 0 Å². The molecule has 1 aromatic carbocycles.